The second kappa shape index (κ2) is 5.44. The lowest BCUT2D eigenvalue weighted by molar-refractivity contribution is 0.495. The molecule has 3 rings (SSSR count). The predicted molar refractivity (Wildman–Crippen MR) is 79.6 cm³/mol. The summed E-state index contributed by atoms with van der Waals surface area (Å²) in [6.07, 6.45) is 0. The van der Waals surface area contributed by atoms with E-state index in [4.69, 9.17) is 27.6 Å². The molecule has 102 valence electrons. The fraction of sp³-hybridized carbons (Fsp3) is 0.0769. The third-order valence-electron chi connectivity index (χ3n) is 2.67. The van der Waals surface area contributed by atoms with Crippen LogP contribution in [-0.4, -0.2) is 9.78 Å². The molecule has 2 aromatic heterocycles. The van der Waals surface area contributed by atoms with Gasteiger partial charge in [-0.15, -0.1) is 16.4 Å². The van der Waals surface area contributed by atoms with Crippen LogP contribution in [0.2, 0.25) is 10.0 Å². The number of benzene rings is 1. The number of nitrogens with zero attached hydrogens (tertiary/aromatic N) is 2. The van der Waals surface area contributed by atoms with Crippen molar-refractivity contribution >= 4 is 34.5 Å². The summed E-state index contributed by atoms with van der Waals surface area (Å²) in [6.45, 7) is 0.240. The van der Waals surface area contributed by atoms with Crippen molar-refractivity contribution in [1.29, 1.82) is 0 Å². The van der Waals surface area contributed by atoms with Crippen molar-refractivity contribution in [3.05, 3.63) is 61.9 Å². The lowest BCUT2D eigenvalue weighted by atomic mass is 10.2. The van der Waals surface area contributed by atoms with Gasteiger partial charge in [0.1, 0.15) is 0 Å². The van der Waals surface area contributed by atoms with E-state index in [2.05, 4.69) is 5.10 Å². The van der Waals surface area contributed by atoms with Gasteiger partial charge in [0.15, 0.2) is 0 Å². The maximum absolute atomic E-state index is 11.8. The summed E-state index contributed by atoms with van der Waals surface area (Å²) in [6, 6.07) is 8.82. The molecule has 0 radical (unpaired) electrons. The van der Waals surface area contributed by atoms with Crippen LogP contribution in [0.25, 0.3) is 10.8 Å². The maximum atomic E-state index is 11.8. The normalized spacial score (nSPS) is 10.9. The van der Waals surface area contributed by atoms with Gasteiger partial charge in [0, 0.05) is 10.0 Å². The minimum absolute atomic E-state index is 0.240. The van der Waals surface area contributed by atoms with Crippen molar-refractivity contribution in [3.63, 3.8) is 0 Å². The number of aromatic nitrogens is 2. The highest BCUT2D eigenvalue weighted by Gasteiger charge is 2.12. The van der Waals surface area contributed by atoms with E-state index < -0.39 is 5.76 Å². The standard InChI is InChI=1S/C13H8Cl2N2O2S/c14-9-4-3-8(10(15)6-9)7-17-13(18)19-12(16-17)11-2-1-5-20-11/h1-6H,7H2. The highest BCUT2D eigenvalue weighted by molar-refractivity contribution is 7.13. The summed E-state index contributed by atoms with van der Waals surface area (Å²) in [7, 11) is 0. The molecule has 0 atom stereocenters. The van der Waals surface area contributed by atoms with Crippen LogP contribution in [0.4, 0.5) is 0 Å². The van der Waals surface area contributed by atoms with E-state index in [0.29, 0.717) is 15.9 Å². The molecule has 7 heteroatoms. The molecule has 0 aliphatic rings. The Kier molecular flexibility index (Phi) is 3.65. The molecule has 0 saturated carbocycles. The first-order valence-corrected chi connectivity index (χ1v) is 7.33. The molecule has 20 heavy (non-hydrogen) atoms. The zero-order valence-electron chi connectivity index (χ0n) is 10.0. The van der Waals surface area contributed by atoms with Crippen LogP contribution in [-0.2, 0) is 6.54 Å². The van der Waals surface area contributed by atoms with E-state index in [0.717, 1.165) is 10.4 Å². The Morgan fingerprint density at radius 3 is 2.85 bits per heavy atom. The lowest BCUT2D eigenvalue weighted by Crippen LogP contribution is -2.16. The first-order valence-electron chi connectivity index (χ1n) is 5.69. The minimum Gasteiger partial charge on any atom is -0.387 e. The van der Waals surface area contributed by atoms with Crippen molar-refractivity contribution in [1.82, 2.24) is 9.78 Å². The summed E-state index contributed by atoms with van der Waals surface area (Å²) in [4.78, 5) is 12.6. The van der Waals surface area contributed by atoms with Crippen LogP contribution < -0.4 is 5.76 Å². The Bertz CT molecular complexity index is 793. The van der Waals surface area contributed by atoms with Gasteiger partial charge < -0.3 is 4.42 Å². The highest BCUT2D eigenvalue weighted by Crippen LogP contribution is 2.23. The molecule has 0 bridgehead atoms. The smallest absolute Gasteiger partial charge is 0.387 e. The van der Waals surface area contributed by atoms with Gasteiger partial charge in [-0.3, -0.25) is 0 Å². The van der Waals surface area contributed by atoms with Crippen LogP contribution in [0.3, 0.4) is 0 Å². The second-order valence-electron chi connectivity index (χ2n) is 4.04. The average molecular weight is 327 g/mol. The van der Waals surface area contributed by atoms with E-state index in [1.165, 1.54) is 16.0 Å². The maximum Gasteiger partial charge on any atom is 0.437 e. The van der Waals surface area contributed by atoms with Crippen LogP contribution in [0.15, 0.2) is 44.9 Å². The predicted octanol–water partition coefficient (Wildman–Crippen LogP) is 3.92. The Morgan fingerprint density at radius 2 is 2.15 bits per heavy atom. The number of halogens is 2. The van der Waals surface area contributed by atoms with Gasteiger partial charge in [-0.1, -0.05) is 35.3 Å². The molecule has 0 aliphatic heterocycles. The van der Waals surface area contributed by atoms with Gasteiger partial charge in [0.2, 0.25) is 0 Å². The zero-order chi connectivity index (χ0) is 14.1. The summed E-state index contributed by atoms with van der Waals surface area (Å²) in [5.74, 6) is -0.200. The van der Waals surface area contributed by atoms with E-state index >= 15 is 0 Å². The number of hydrogen-bond donors (Lipinski definition) is 0. The summed E-state index contributed by atoms with van der Waals surface area (Å²) in [5.41, 5.74) is 0.754. The first-order chi connectivity index (χ1) is 9.63. The summed E-state index contributed by atoms with van der Waals surface area (Å²) >= 11 is 13.4. The van der Waals surface area contributed by atoms with Crippen molar-refractivity contribution < 1.29 is 4.42 Å². The molecule has 0 spiro atoms. The van der Waals surface area contributed by atoms with Crippen LogP contribution in [0.5, 0.6) is 0 Å². The third-order valence-corrected chi connectivity index (χ3v) is 4.12. The monoisotopic (exact) mass is 326 g/mol. The number of rotatable bonds is 3. The van der Waals surface area contributed by atoms with E-state index in [9.17, 15) is 4.79 Å². The molecule has 0 N–H and O–H groups in total. The lowest BCUT2D eigenvalue weighted by Gasteiger charge is -2.02. The van der Waals surface area contributed by atoms with Gasteiger partial charge in [0.25, 0.3) is 5.89 Å². The van der Waals surface area contributed by atoms with Gasteiger partial charge in [-0.25, -0.2) is 4.79 Å². The summed E-state index contributed by atoms with van der Waals surface area (Å²) in [5, 5.41) is 7.10. The van der Waals surface area contributed by atoms with Crippen LogP contribution >= 0.6 is 34.5 Å². The molecule has 2 heterocycles. The van der Waals surface area contributed by atoms with Crippen molar-refractivity contribution in [2.75, 3.05) is 0 Å². The molecule has 4 nitrogen and oxygen atoms in total. The Labute approximate surface area is 128 Å². The molecule has 1 aromatic carbocycles. The molecule has 0 saturated heterocycles. The topological polar surface area (TPSA) is 48.0 Å². The van der Waals surface area contributed by atoms with Crippen molar-refractivity contribution in [3.8, 4) is 10.8 Å². The molecule has 0 aliphatic carbocycles. The van der Waals surface area contributed by atoms with Crippen LogP contribution in [0, 0.1) is 0 Å². The zero-order valence-corrected chi connectivity index (χ0v) is 12.4. The largest absolute Gasteiger partial charge is 0.437 e. The molecular weight excluding hydrogens is 319 g/mol. The highest BCUT2D eigenvalue weighted by atomic mass is 35.5. The molecule has 0 unspecified atom stereocenters. The molecular formula is C13H8Cl2N2O2S. The molecule has 3 aromatic rings. The molecule has 0 amide bonds. The van der Waals surface area contributed by atoms with Gasteiger partial charge >= 0.3 is 5.76 Å². The van der Waals surface area contributed by atoms with Crippen molar-refractivity contribution in [2.45, 2.75) is 6.54 Å². The quantitative estimate of drug-likeness (QED) is 0.732. The fourth-order valence-electron chi connectivity index (χ4n) is 1.72. The van der Waals surface area contributed by atoms with Gasteiger partial charge in [-0.2, -0.15) is 4.68 Å². The van der Waals surface area contributed by atoms with Crippen LogP contribution in [0.1, 0.15) is 5.56 Å². The number of hydrogen-bond acceptors (Lipinski definition) is 4. The van der Waals surface area contributed by atoms with E-state index in [-0.39, 0.29) is 6.54 Å². The minimum atomic E-state index is -0.514. The second-order valence-corrected chi connectivity index (χ2v) is 5.84. The third kappa shape index (κ3) is 2.65. The number of thiophene rings is 1. The Morgan fingerprint density at radius 1 is 1.30 bits per heavy atom. The Balaban J connectivity index is 1.93. The Hall–Kier alpha value is -1.56. The fourth-order valence-corrected chi connectivity index (χ4v) is 2.83. The van der Waals surface area contributed by atoms with Gasteiger partial charge in [-0.05, 0) is 29.1 Å². The SMILES string of the molecule is O=c1oc(-c2cccs2)nn1Cc1ccc(Cl)cc1Cl. The average Bonchev–Trinajstić information content (AvgIpc) is 3.03. The summed E-state index contributed by atoms with van der Waals surface area (Å²) < 4.78 is 6.37. The van der Waals surface area contributed by atoms with E-state index in [1.807, 2.05) is 17.5 Å². The van der Waals surface area contributed by atoms with Crippen molar-refractivity contribution in [2.24, 2.45) is 0 Å². The van der Waals surface area contributed by atoms with E-state index in [1.54, 1.807) is 18.2 Å². The van der Waals surface area contributed by atoms with Gasteiger partial charge in [0.05, 0.1) is 11.4 Å². The first kappa shape index (κ1) is 13.4. The molecule has 0 fully saturated rings.